The first-order valence-corrected chi connectivity index (χ1v) is 7.14. The highest BCUT2D eigenvalue weighted by Gasteiger charge is 2.06. The molecule has 0 unspecified atom stereocenters. The van der Waals surface area contributed by atoms with Gasteiger partial charge in [0.1, 0.15) is 5.82 Å². The molecule has 0 amide bonds. The lowest BCUT2D eigenvalue weighted by atomic mass is 10.1. The monoisotopic (exact) mass is 307 g/mol. The number of carbonyl (C=O) groups excluding carboxylic acids is 1. The molecule has 23 heavy (non-hydrogen) atoms. The van der Waals surface area contributed by atoms with Crippen molar-refractivity contribution in [2.75, 3.05) is 5.32 Å². The Balaban J connectivity index is 1.79. The summed E-state index contributed by atoms with van der Waals surface area (Å²) in [6.45, 7) is 0. The first-order valence-electron chi connectivity index (χ1n) is 7.14. The van der Waals surface area contributed by atoms with E-state index < -0.39 is 12.0 Å². The number of aromatic nitrogens is 2. The Labute approximate surface area is 133 Å². The van der Waals surface area contributed by atoms with Crippen LogP contribution >= 0.6 is 0 Å². The van der Waals surface area contributed by atoms with Gasteiger partial charge in [0.25, 0.3) is 0 Å². The summed E-state index contributed by atoms with van der Waals surface area (Å²) in [5.74, 6) is -0.533. The zero-order valence-corrected chi connectivity index (χ0v) is 12.3. The Morgan fingerprint density at radius 2 is 1.91 bits per heavy atom. The summed E-state index contributed by atoms with van der Waals surface area (Å²) in [5, 5.41) is 15.9. The molecule has 116 valence electrons. The van der Waals surface area contributed by atoms with Crippen molar-refractivity contribution in [2.24, 2.45) is 5.73 Å². The van der Waals surface area contributed by atoms with Gasteiger partial charge in [-0.2, -0.15) is 0 Å². The second-order valence-corrected chi connectivity index (χ2v) is 5.21. The van der Waals surface area contributed by atoms with Crippen molar-refractivity contribution < 1.29 is 9.90 Å². The molecule has 2 heterocycles. The number of carboxylic acids is 1. The third-order valence-electron chi connectivity index (χ3n) is 3.54. The molecule has 0 saturated heterocycles. The zero-order chi connectivity index (χ0) is 16.2. The summed E-state index contributed by atoms with van der Waals surface area (Å²) >= 11 is 0. The van der Waals surface area contributed by atoms with Gasteiger partial charge >= 0.3 is 0 Å². The number of pyridine rings is 2. The third-order valence-corrected chi connectivity index (χ3v) is 3.54. The van der Waals surface area contributed by atoms with Crippen molar-refractivity contribution in [2.45, 2.75) is 12.5 Å². The number of nitrogens with zero attached hydrogens (tertiary/aromatic N) is 2. The number of anilines is 2. The van der Waals surface area contributed by atoms with Crippen molar-refractivity contribution in [1.82, 2.24) is 9.97 Å². The van der Waals surface area contributed by atoms with Crippen LogP contribution in [0.4, 0.5) is 11.5 Å². The van der Waals surface area contributed by atoms with E-state index in [0.29, 0.717) is 0 Å². The highest BCUT2D eigenvalue weighted by Crippen LogP contribution is 2.23. The molecule has 0 saturated carbocycles. The first kappa shape index (κ1) is 14.9. The highest BCUT2D eigenvalue weighted by molar-refractivity contribution is 5.92. The molecule has 0 radical (unpaired) electrons. The molecule has 0 bridgehead atoms. The van der Waals surface area contributed by atoms with Gasteiger partial charge in [0.15, 0.2) is 0 Å². The van der Waals surface area contributed by atoms with E-state index in [4.69, 9.17) is 5.73 Å². The number of carboxylic acid groups (broad SMARTS) is 1. The maximum absolute atomic E-state index is 10.7. The largest absolute Gasteiger partial charge is 0.548 e. The fourth-order valence-corrected chi connectivity index (χ4v) is 2.31. The minimum Gasteiger partial charge on any atom is -0.548 e. The lowest BCUT2D eigenvalue weighted by molar-refractivity contribution is -0.307. The lowest BCUT2D eigenvalue weighted by Gasteiger charge is -2.13. The van der Waals surface area contributed by atoms with E-state index in [1.807, 2.05) is 36.4 Å². The Hall–Kier alpha value is -2.99. The average Bonchev–Trinajstić information content (AvgIpc) is 2.57. The minimum absolute atomic E-state index is 0.235. The second-order valence-electron chi connectivity index (χ2n) is 5.21. The van der Waals surface area contributed by atoms with Gasteiger partial charge < -0.3 is 21.0 Å². The first-order chi connectivity index (χ1) is 11.1. The number of hydrogen-bond acceptors (Lipinski definition) is 6. The van der Waals surface area contributed by atoms with Crippen molar-refractivity contribution >= 4 is 28.2 Å². The van der Waals surface area contributed by atoms with Crippen LogP contribution in [0.1, 0.15) is 5.56 Å². The highest BCUT2D eigenvalue weighted by atomic mass is 16.4. The summed E-state index contributed by atoms with van der Waals surface area (Å²) in [5.41, 5.74) is 7.16. The van der Waals surface area contributed by atoms with Gasteiger partial charge in [0.2, 0.25) is 0 Å². The number of hydrogen-bond donors (Lipinski definition) is 2. The molecular formula is C17H15N4O2-. The van der Waals surface area contributed by atoms with Gasteiger partial charge in [0.05, 0.1) is 5.97 Å². The molecule has 0 spiro atoms. The molecule has 6 nitrogen and oxygen atoms in total. The van der Waals surface area contributed by atoms with Crippen LogP contribution in [0.5, 0.6) is 0 Å². The van der Waals surface area contributed by atoms with Crippen LogP contribution in [0.3, 0.4) is 0 Å². The van der Waals surface area contributed by atoms with Crippen LogP contribution in [0.15, 0.2) is 55.0 Å². The van der Waals surface area contributed by atoms with E-state index >= 15 is 0 Å². The molecule has 0 aliphatic heterocycles. The molecule has 2 aromatic heterocycles. The number of aliphatic carboxylic acids is 1. The SMILES string of the molecule is N[C@@H](Cc1ccc(Nc2nccc3ccncc23)cc1)C(=O)[O-]. The van der Waals surface area contributed by atoms with E-state index in [0.717, 1.165) is 27.8 Å². The van der Waals surface area contributed by atoms with Gasteiger partial charge in [-0.25, -0.2) is 4.98 Å². The molecule has 0 fully saturated rings. The van der Waals surface area contributed by atoms with Crippen LogP contribution in [-0.4, -0.2) is 22.0 Å². The maximum atomic E-state index is 10.7. The molecule has 0 aliphatic rings. The topological polar surface area (TPSA) is 104 Å². The standard InChI is InChI=1S/C17H16N4O2/c18-15(17(22)23)9-11-1-3-13(4-2-11)21-16-14-10-19-7-5-12(14)6-8-20-16/h1-8,10,15H,9,18H2,(H,20,21)(H,22,23)/p-1/t15-/m0/s1. The van der Waals surface area contributed by atoms with E-state index in [9.17, 15) is 9.90 Å². The maximum Gasteiger partial charge on any atom is 0.139 e. The Morgan fingerprint density at radius 3 is 2.65 bits per heavy atom. The Bertz CT molecular complexity index is 828. The van der Waals surface area contributed by atoms with Crippen LogP contribution in [-0.2, 0) is 11.2 Å². The van der Waals surface area contributed by atoms with Crippen LogP contribution in [0.2, 0.25) is 0 Å². The fourth-order valence-electron chi connectivity index (χ4n) is 2.31. The quantitative estimate of drug-likeness (QED) is 0.728. The van der Waals surface area contributed by atoms with Gasteiger partial charge in [-0.15, -0.1) is 0 Å². The van der Waals surface area contributed by atoms with Crippen LogP contribution in [0, 0.1) is 0 Å². The molecule has 1 aromatic carbocycles. The number of nitrogens with one attached hydrogen (secondary N) is 1. The fraction of sp³-hybridized carbons (Fsp3) is 0.118. The molecular weight excluding hydrogens is 292 g/mol. The van der Waals surface area contributed by atoms with Crippen molar-refractivity contribution in [3.05, 3.63) is 60.6 Å². The smallest absolute Gasteiger partial charge is 0.139 e. The van der Waals surface area contributed by atoms with Crippen molar-refractivity contribution in [3.8, 4) is 0 Å². The van der Waals surface area contributed by atoms with Gasteiger partial charge in [-0.3, -0.25) is 4.98 Å². The minimum atomic E-state index is -1.25. The molecule has 6 heteroatoms. The normalized spacial score (nSPS) is 12.0. The second kappa shape index (κ2) is 6.41. The summed E-state index contributed by atoms with van der Waals surface area (Å²) < 4.78 is 0. The number of fused-ring (bicyclic) bond motifs is 1. The molecule has 0 aliphatic carbocycles. The van der Waals surface area contributed by atoms with E-state index in [-0.39, 0.29) is 6.42 Å². The Morgan fingerprint density at radius 1 is 1.17 bits per heavy atom. The van der Waals surface area contributed by atoms with Gasteiger partial charge in [0, 0.05) is 35.7 Å². The van der Waals surface area contributed by atoms with E-state index in [1.165, 1.54) is 0 Å². The predicted molar refractivity (Wildman–Crippen MR) is 85.9 cm³/mol. The van der Waals surface area contributed by atoms with Crippen molar-refractivity contribution in [1.29, 1.82) is 0 Å². The lowest BCUT2D eigenvalue weighted by Crippen LogP contribution is -2.43. The Kier molecular flexibility index (Phi) is 4.16. The molecule has 3 N–H and O–H groups in total. The summed E-state index contributed by atoms with van der Waals surface area (Å²) in [6, 6.07) is 10.2. The van der Waals surface area contributed by atoms with E-state index in [1.54, 1.807) is 18.6 Å². The molecule has 3 rings (SSSR count). The number of benzene rings is 1. The predicted octanol–water partition coefficient (Wildman–Crippen LogP) is 0.993. The third kappa shape index (κ3) is 3.44. The van der Waals surface area contributed by atoms with E-state index in [2.05, 4.69) is 15.3 Å². The summed E-state index contributed by atoms with van der Waals surface area (Å²) in [6.07, 6.45) is 5.47. The molecule has 3 aromatic rings. The molecule has 1 atom stereocenters. The summed E-state index contributed by atoms with van der Waals surface area (Å²) in [7, 11) is 0. The number of carbonyl (C=O) groups is 1. The van der Waals surface area contributed by atoms with Crippen LogP contribution < -0.4 is 16.2 Å². The zero-order valence-electron chi connectivity index (χ0n) is 12.3. The van der Waals surface area contributed by atoms with Gasteiger partial charge in [-0.1, -0.05) is 12.1 Å². The van der Waals surface area contributed by atoms with Crippen LogP contribution in [0.25, 0.3) is 10.8 Å². The number of rotatable bonds is 5. The van der Waals surface area contributed by atoms with Gasteiger partial charge in [-0.05, 0) is 41.6 Å². The van der Waals surface area contributed by atoms with Crippen molar-refractivity contribution in [3.63, 3.8) is 0 Å². The number of nitrogens with two attached hydrogens (primary N) is 1. The average molecular weight is 307 g/mol. The summed E-state index contributed by atoms with van der Waals surface area (Å²) in [4.78, 5) is 19.1.